The fraction of sp³-hybridized carbons (Fsp3) is 0.176. The van der Waals surface area contributed by atoms with Gasteiger partial charge in [0.15, 0.2) is 11.7 Å². The second-order valence-corrected chi connectivity index (χ2v) is 7.60. The van der Waals surface area contributed by atoms with Crippen LogP contribution in [-0.2, 0) is 14.8 Å². The molecule has 0 bridgehead atoms. The molecule has 0 radical (unpaired) electrons. The number of aryl methyl sites for hydroxylation is 2. The number of benzene rings is 2. The summed E-state index contributed by atoms with van der Waals surface area (Å²) in [6.07, 6.45) is 0. The van der Waals surface area contributed by atoms with Crippen molar-refractivity contribution in [2.24, 2.45) is 5.14 Å². The number of hydrogen-bond acceptors (Lipinski definition) is 5. The standard InChI is InChI=1S/C17H19N3O4S2/c1-11-3-4-12(2)15(9-11)24-10-16(21)20-17(25)19-13-5-7-14(8-6-13)26(18,22)23/h3-9H,10H2,1-2H3,(H2,18,22,23)(H2,19,20,21,25). The van der Waals surface area contributed by atoms with Gasteiger partial charge in [0, 0.05) is 5.69 Å². The van der Waals surface area contributed by atoms with Crippen LogP contribution in [0, 0.1) is 13.8 Å². The molecule has 0 saturated heterocycles. The minimum absolute atomic E-state index is 0.0140. The Kier molecular flexibility index (Phi) is 6.30. The predicted molar refractivity (Wildman–Crippen MR) is 104 cm³/mol. The Bertz CT molecular complexity index is 926. The van der Waals surface area contributed by atoms with Gasteiger partial charge in [0.2, 0.25) is 10.0 Å². The number of amides is 1. The van der Waals surface area contributed by atoms with Crippen molar-refractivity contribution in [2.45, 2.75) is 18.7 Å². The molecule has 4 N–H and O–H groups in total. The number of carbonyl (C=O) groups is 1. The summed E-state index contributed by atoms with van der Waals surface area (Å²) in [4.78, 5) is 11.9. The van der Waals surface area contributed by atoms with Crippen molar-refractivity contribution in [2.75, 3.05) is 11.9 Å². The van der Waals surface area contributed by atoms with E-state index in [1.165, 1.54) is 24.3 Å². The number of hydrogen-bond donors (Lipinski definition) is 3. The van der Waals surface area contributed by atoms with Gasteiger partial charge in [-0.2, -0.15) is 0 Å². The van der Waals surface area contributed by atoms with Gasteiger partial charge in [-0.05, 0) is 67.5 Å². The van der Waals surface area contributed by atoms with Crippen molar-refractivity contribution >= 4 is 38.9 Å². The lowest BCUT2D eigenvalue weighted by atomic mass is 10.1. The molecular weight excluding hydrogens is 374 g/mol. The molecule has 0 fully saturated rings. The molecule has 0 aliphatic heterocycles. The first-order valence-corrected chi connectivity index (χ1v) is 9.54. The molecule has 2 aromatic rings. The molecule has 138 valence electrons. The number of sulfonamides is 1. The molecule has 1 amide bonds. The normalized spacial score (nSPS) is 10.9. The highest BCUT2D eigenvalue weighted by molar-refractivity contribution is 7.89. The molecule has 0 atom stereocenters. The fourth-order valence-corrected chi connectivity index (χ4v) is 2.81. The number of thiocarbonyl (C=S) groups is 1. The van der Waals surface area contributed by atoms with E-state index in [0.29, 0.717) is 11.4 Å². The van der Waals surface area contributed by atoms with E-state index in [9.17, 15) is 13.2 Å². The van der Waals surface area contributed by atoms with E-state index in [1.807, 2.05) is 32.0 Å². The first-order valence-electron chi connectivity index (χ1n) is 7.59. The maximum absolute atomic E-state index is 11.9. The average molecular weight is 393 g/mol. The minimum atomic E-state index is -3.75. The highest BCUT2D eigenvalue weighted by Crippen LogP contribution is 2.18. The summed E-state index contributed by atoms with van der Waals surface area (Å²) in [5.74, 6) is 0.224. The molecular formula is C17H19N3O4S2. The minimum Gasteiger partial charge on any atom is -0.483 e. The van der Waals surface area contributed by atoms with E-state index < -0.39 is 15.9 Å². The second-order valence-electron chi connectivity index (χ2n) is 5.63. The number of rotatable bonds is 5. The smallest absolute Gasteiger partial charge is 0.264 e. The van der Waals surface area contributed by atoms with Crippen LogP contribution in [0.2, 0.25) is 0 Å². The Morgan fingerprint density at radius 1 is 1.15 bits per heavy atom. The Balaban J connectivity index is 1.87. The summed E-state index contributed by atoms with van der Waals surface area (Å²) < 4.78 is 27.9. The number of ether oxygens (including phenoxy) is 1. The van der Waals surface area contributed by atoms with Crippen LogP contribution in [0.5, 0.6) is 5.75 Å². The average Bonchev–Trinajstić information content (AvgIpc) is 2.55. The fourth-order valence-electron chi connectivity index (χ4n) is 2.06. The quantitative estimate of drug-likeness (QED) is 0.669. The van der Waals surface area contributed by atoms with Crippen molar-refractivity contribution in [3.05, 3.63) is 53.6 Å². The predicted octanol–water partition coefficient (Wildman–Crippen LogP) is 1.84. The van der Waals surface area contributed by atoms with Crippen LogP contribution in [0.4, 0.5) is 5.69 Å². The zero-order valence-electron chi connectivity index (χ0n) is 14.3. The number of carbonyl (C=O) groups excluding carboxylic acids is 1. The van der Waals surface area contributed by atoms with Crippen LogP contribution < -0.4 is 20.5 Å². The molecule has 0 unspecified atom stereocenters. The van der Waals surface area contributed by atoms with Crippen molar-refractivity contribution in [3.8, 4) is 5.75 Å². The highest BCUT2D eigenvalue weighted by Gasteiger charge is 2.09. The van der Waals surface area contributed by atoms with E-state index in [2.05, 4.69) is 10.6 Å². The first kappa shape index (κ1) is 19.8. The van der Waals surface area contributed by atoms with Crippen LogP contribution in [0.25, 0.3) is 0 Å². The van der Waals surface area contributed by atoms with Crippen molar-refractivity contribution in [3.63, 3.8) is 0 Å². The Morgan fingerprint density at radius 3 is 2.42 bits per heavy atom. The monoisotopic (exact) mass is 393 g/mol. The SMILES string of the molecule is Cc1ccc(C)c(OCC(=O)NC(=S)Nc2ccc(S(N)(=O)=O)cc2)c1. The molecule has 0 aliphatic carbocycles. The summed E-state index contributed by atoms with van der Waals surface area (Å²) in [6.45, 7) is 3.65. The maximum Gasteiger partial charge on any atom is 0.264 e. The molecule has 0 heterocycles. The van der Waals surface area contributed by atoms with Crippen molar-refractivity contribution in [1.29, 1.82) is 0 Å². The molecule has 7 nitrogen and oxygen atoms in total. The molecule has 0 saturated carbocycles. The van der Waals surface area contributed by atoms with Gasteiger partial charge in [0.25, 0.3) is 5.91 Å². The Labute approximate surface area is 157 Å². The van der Waals surface area contributed by atoms with E-state index >= 15 is 0 Å². The molecule has 9 heteroatoms. The highest BCUT2D eigenvalue weighted by atomic mass is 32.2. The van der Waals surface area contributed by atoms with Gasteiger partial charge < -0.3 is 10.1 Å². The summed E-state index contributed by atoms with van der Waals surface area (Å²) in [5, 5.41) is 10.4. The number of nitrogens with two attached hydrogens (primary N) is 1. The van der Waals surface area contributed by atoms with Crippen LogP contribution in [-0.4, -0.2) is 26.0 Å². The summed E-state index contributed by atoms with van der Waals surface area (Å²) in [5.41, 5.74) is 2.48. The van der Waals surface area contributed by atoms with E-state index in [-0.39, 0.29) is 16.6 Å². The Morgan fingerprint density at radius 2 is 1.81 bits per heavy atom. The van der Waals surface area contributed by atoms with Gasteiger partial charge >= 0.3 is 0 Å². The van der Waals surface area contributed by atoms with Gasteiger partial charge in [-0.25, -0.2) is 13.6 Å². The summed E-state index contributed by atoms with van der Waals surface area (Å²) in [6, 6.07) is 11.4. The van der Waals surface area contributed by atoms with Gasteiger partial charge in [-0.15, -0.1) is 0 Å². The van der Waals surface area contributed by atoms with Gasteiger partial charge in [-0.3, -0.25) is 10.1 Å². The van der Waals surface area contributed by atoms with Gasteiger partial charge in [0.1, 0.15) is 5.75 Å². The van der Waals surface area contributed by atoms with Gasteiger partial charge in [-0.1, -0.05) is 12.1 Å². The lowest BCUT2D eigenvalue weighted by Crippen LogP contribution is -2.37. The molecule has 0 aromatic heterocycles. The van der Waals surface area contributed by atoms with Crippen LogP contribution in [0.1, 0.15) is 11.1 Å². The van der Waals surface area contributed by atoms with Crippen LogP contribution in [0.15, 0.2) is 47.4 Å². The summed E-state index contributed by atoms with van der Waals surface area (Å²) >= 11 is 5.05. The van der Waals surface area contributed by atoms with Crippen LogP contribution >= 0.6 is 12.2 Å². The number of anilines is 1. The van der Waals surface area contributed by atoms with Crippen molar-refractivity contribution < 1.29 is 17.9 Å². The lowest BCUT2D eigenvalue weighted by Gasteiger charge is -2.12. The molecule has 2 rings (SSSR count). The molecule has 2 aromatic carbocycles. The first-order chi connectivity index (χ1) is 12.1. The second kappa shape index (κ2) is 8.26. The van der Waals surface area contributed by atoms with E-state index in [4.69, 9.17) is 22.1 Å². The maximum atomic E-state index is 11.9. The third-order valence-electron chi connectivity index (χ3n) is 3.40. The Hall–Kier alpha value is -2.49. The molecule has 0 aliphatic rings. The third kappa shape index (κ3) is 5.80. The van der Waals surface area contributed by atoms with Crippen molar-refractivity contribution in [1.82, 2.24) is 5.32 Å². The zero-order chi connectivity index (χ0) is 19.3. The number of nitrogens with one attached hydrogen (secondary N) is 2. The third-order valence-corrected chi connectivity index (χ3v) is 4.53. The van der Waals surface area contributed by atoms with Crippen LogP contribution in [0.3, 0.4) is 0 Å². The van der Waals surface area contributed by atoms with Gasteiger partial charge in [0.05, 0.1) is 4.90 Å². The zero-order valence-corrected chi connectivity index (χ0v) is 15.9. The van der Waals surface area contributed by atoms with E-state index in [1.54, 1.807) is 0 Å². The summed E-state index contributed by atoms with van der Waals surface area (Å²) in [7, 11) is -3.75. The van der Waals surface area contributed by atoms with E-state index in [0.717, 1.165) is 11.1 Å². The number of primary sulfonamides is 1. The lowest BCUT2D eigenvalue weighted by molar-refractivity contribution is -0.121. The molecule has 0 spiro atoms. The largest absolute Gasteiger partial charge is 0.483 e. The molecule has 26 heavy (non-hydrogen) atoms. The topological polar surface area (TPSA) is 111 Å².